The van der Waals surface area contributed by atoms with Crippen LogP contribution < -0.4 is 11.1 Å². The molecule has 6 heteroatoms. The van der Waals surface area contributed by atoms with E-state index < -0.39 is 18.0 Å². The average molecular weight is 185 g/mol. The number of primary amides is 1. The van der Waals surface area contributed by atoms with Crippen LogP contribution in [0.5, 0.6) is 0 Å². The number of amides is 4. The summed E-state index contributed by atoms with van der Waals surface area (Å²) in [6, 6.07) is -0.959. The molecule has 1 aliphatic heterocycles. The van der Waals surface area contributed by atoms with Gasteiger partial charge in [0.25, 0.3) is 5.91 Å². The Morgan fingerprint density at radius 1 is 1.62 bits per heavy atom. The number of rotatable bonds is 3. The van der Waals surface area contributed by atoms with Crippen molar-refractivity contribution in [3.8, 4) is 0 Å². The van der Waals surface area contributed by atoms with Crippen LogP contribution in [0, 0.1) is 0 Å². The fourth-order valence-electron chi connectivity index (χ4n) is 1.09. The second-order valence-electron chi connectivity index (χ2n) is 2.88. The molecule has 1 aliphatic rings. The summed E-state index contributed by atoms with van der Waals surface area (Å²) in [4.78, 5) is 33.7. The van der Waals surface area contributed by atoms with Gasteiger partial charge in [0.05, 0.1) is 0 Å². The van der Waals surface area contributed by atoms with Crippen LogP contribution in [0.1, 0.15) is 13.3 Å². The van der Waals surface area contributed by atoms with Crippen LogP contribution in [-0.2, 0) is 9.59 Å². The third kappa shape index (κ3) is 1.95. The Hall–Kier alpha value is -1.59. The lowest BCUT2D eigenvalue weighted by atomic mass is 10.3. The minimum atomic E-state index is -0.528. The molecule has 72 valence electrons. The lowest BCUT2D eigenvalue weighted by Gasteiger charge is -2.10. The van der Waals surface area contributed by atoms with Crippen molar-refractivity contribution in [2.24, 2.45) is 5.73 Å². The van der Waals surface area contributed by atoms with E-state index in [0.717, 1.165) is 4.90 Å². The summed E-state index contributed by atoms with van der Waals surface area (Å²) in [5.41, 5.74) is 4.89. The van der Waals surface area contributed by atoms with Gasteiger partial charge in [-0.15, -0.1) is 0 Å². The highest BCUT2D eigenvalue weighted by Crippen LogP contribution is 2.05. The molecule has 0 spiro atoms. The van der Waals surface area contributed by atoms with Gasteiger partial charge in [-0.25, -0.2) is 4.79 Å². The summed E-state index contributed by atoms with van der Waals surface area (Å²) in [5, 5.41) is 2.43. The second kappa shape index (κ2) is 3.42. The first-order chi connectivity index (χ1) is 6.02. The van der Waals surface area contributed by atoms with E-state index in [-0.39, 0.29) is 18.9 Å². The van der Waals surface area contributed by atoms with Gasteiger partial charge >= 0.3 is 6.03 Å². The van der Waals surface area contributed by atoms with Gasteiger partial charge in [0.1, 0.15) is 6.04 Å². The quantitative estimate of drug-likeness (QED) is 0.541. The number of urea groups is 1. The van der Waals surface area contributed by atoms with E-state index >= 15 is 0 Å². The van der Waals surface area contributed by atoms with Crippen molar-refractivity contribution in [3.63, 3.8) is 0 Å². The first-order valence-electron chi connectivity index (χ1n) is 3.92. The fraction of sp³-hybridized carbons (Fsp3) is 0.571. The van der Waals surface area contributed by atoms with Gasteiger partial charge in [-0.3, -0.25) is 14.5 Å². The summed E-state index contributed by atoms with van der Waals surface area (Å²) in [6.45, 7) is 1.65. The Kier molecular flexibility index (Phi) is 2.50. The first-order valence-corrected chi connectivity index (χ1v) is 3.92. The predicted octanol–water partition coefficient (Wildman–Crippen LogP) is -1.20. The topological polar surface area (TPSA) is 92.5 Å². The van der Waals surface area contributed by atoms with E-state index in [2.05, 4.69) is 5.32 Å². The number of imide groups is 1. The molecule has 0 aromatic carbocycles. The molecule has 0 aliphatic carbocycles. The third-order valence-electron chi connectivity index (χ3n) is 1.80. The molecule has 1 fully saturated rings. The highest BCUT2D eigenvalue weighted by Gasteiger charge is 2.34. The van der Waals surface area contributed by atoms with Crippen molar-refractivity contribution in [2.75, 3.05) is 6.54 Å². The molecule has 4 amide bonds. The van der Waals surface area contributed by atoms with E-state index in [1.54, 1.807) is 6.92 Å². The molecule has 1 atom stereocenters. The van der Waals surface area contributed by atoms with E-state index in [4.69, 9.17) is 5.73 Å². The Balaban J connectivity index is 2.54. The van der Waals surface area contributed by atoms with Gasteiger partial charge in [-0.2, -0.15) is 0 Å². The zero-order valence-corrected chi connectivity index (χ0v) is 7.24. The van der Waals surface area contributed by atoms with Crippen molar-refractivity contribution < 1.29 is 14.4 Å². The number of carbonyl (C=O) groups excluding carboxylic acids is 3. The van der Waals surface area contributed by atoms with E-state index in [1.165, 1.54) is 0 Å². The lowest BCUT2D eigenvalue weighted by Crippen LogP contribution is -2.34. The zero-order chi connectivity index (χ0) is 10.0. The van der Waals surface area contributed by atoms with E-state index in [9.17, 15) is 14.4 Å². The SMILES string of the molecule is CC1NC(=O)N(CCC(N)=O)C1=O. The van der Waals surface area contributed by atoms with Gasteiger partial charge in [-0.1, -0.05) is 0 Å². The monoisotopic (exact) mass is 185 g/mol. The minimum absolute atomic E-state index is 0.00583. The van der Waals surface area contributed by atoms with Crippen LogP contribution in [-0.4, -0.2) is 35.3 Å². The Morgan fingerprint density at radius 2 is 2.23 bits per heavy atom. The van der Waals surface area contributed by atoms with Crippen LogP contribution in [0.15, 0.2) is 0 Å². The smallest absolute Gasteiger partial charge is 0.324 e. The maximum atomic E-state index is 11.2. The second-order valence-corrected chi connectivity index (χ2v) is 2.88. The molecule has 0 aromatic heterocycles. The number of hydrogen-bond donors (Lipinski definition) is 2. The fourth-order valence-corrected chi connectivity index (χ4v) is 1.09. The number of nitrogens with two attached hydrogens (primary N) is 1. The van der Waals surface area contributed by atoms with Crippen LogP contribution in [0.25, 0.3) is 0 Å². The number of nitrogens with zero attached hydrogens (tertiary/aromatic N) is 1. The lowest BCUT2D eigenvalue weighted by molar-refractivity contribution is -0.127. The maximum Gasteiger partial charge on any atom is 0.324 e. The Morgan fingerprint density at radius 3 is 2.62 bits per heavy atom. The minimum Gasteiger partial charge on any atom is -0.370 e. The van der Waals surface area contributed by atoms with E-state index in [0.29, 0.717) is 0 Å². The van der Waals surface area contributed by atoms with E-state index in [1.807, 2.05) is 0 Å². The Labute approximate surface area is 75.1 Å². The molecule has 1 heterocycles. The van der Waals surface area contributed by atoms with Crippen molar-refractivity contribution in [2.45, 2.75) is 19.4 Å². The highest BCUT2D eigenvalue weighted by molar-refractivity contribution is 6.04. The maximum absolute atomic E-state index is 11.2. The molecular weight excluding hydrogens is 174 g/mol. The van der Waals surface area contributed by atoms with Crippen molar-refractivity contribution in [3.05, 3.63) is 0 Å². The molecule has 0 saturated carbocycles. The van der Waals surface area contributed by atoms with Crippen LogP contribution >= 0.6 is 0 Å². The summed E-state index contributed by atoms with van der Waals surface area (Å²) in [6.07, 6.45) is 0.00583. The average Bonchev–Trinajstić information content (AvgIpc) is 2.24. The summed E-state index contributed by atoms with van der Waals surface area (Å²) < 4.78 is 0. The van der Waals surface area contributed by atoms with Gasteiger partial charge in [-0.05, 0) is 6.92 Å². The molecule has 6 nitrogen and oxygen atoms in total. The molecule has 3 N–H and O–H groups in total. The number of nitrogens with one attached hydrogen (secondary N) is 1. The van der Waals surface area contributed by atoms with Crippen LogP contribution in [0.2, 0.25) is 0 Å². The van der Waals surface area contributed by atoms with Gasteiger partial charge in [0, 0.05) is 13.0 Å². The molecule has 13 heavy (non-hydrogen) atoms. The van der Waals surface area contributed by atoms with Crippen molar-refractivity contribution >= 4 is 17.8 Å². The van der Waals surface area contributed by atoms with Crippen LogP contribution in [0.4, 0.5) is 4.79 Å². The van der Waals surface area contributed by atoms with Gasteiger partial charge in [0.2, 0.25) is 5.91 Å². The highest BCUT2D eigenvalue weighted by atomic mass is 16.2. The van der Waals surface area contributed by atoms with Crippen molar-refractivity contribution in [1.29, 1.82) is 0 Å². The number of hydrogen-bond acceptors (Lipinski definition) is 3. The molecule has 1 unspecified atom stereocenters. The molecule has 1 rings (SSSR count). The third-order valence-corrected chi connectivity index (χ3v) is 1.80. The summed E-state index contributed by atoms with van der Waals surface area (Å²) in [5.74, 6) is -0.841. The summed E-state index contributed by atoms with van der Waals surface area (Å²) >= 11 is 0. The van der Waals surface area contributed by atoms with Gasteiger partial charge in [0.15, 0.2) is 0 Å². The molecule has 0 aromatic rings. The summed E-state index contributed by atoms with van der Waals surface area (Å²) in [7, 11) is 0. The normalized spacial score (nSPS) is 21.9. The largest absolute Gasteiger partial charge is 0.370 e. The molecule has 0 radical (unpaired) electrons. The first kappa shape index (κ1) is 9.50. The van der Waals surface area contributed by atoms with Gasteiger partial charge < -0.3 is 11.1 Å². The Bertz CT molecular complexity index is 264. The molecular formula is C7H11N3O3. The number of carbonyl (C=O) groups is 3. The van der Waals surface area contributed by atoms with Crippen molar-refractivity contribution in [1.82, 2.24) is 10.2 Å². The molecule has 0 bridgehead atoms. The zero-order valence-electron chi connectivity index (χ0n) is 7.24. The molecule has 1 saturated heterocycles. The predicted molar refractivity (Wildman–Crippen MR) is 43.5 cm³/mol. The van der Waals surface area contributed by atoms with Crippen LogP contribution in [0.3, 0.4) is 0 Å². The standard InChI is InChI=1S/C7H11N3O3/c1-4-6(12)10(7(13)9-4)3-2-5(8)11/h4H,2-3H2,1H3,(H2,8,11)(H,9,13).